The fraction of sp³-hybridized carbons (Fsp3) is 0.300. The molecule has 0 radical (unpaired) electrons. The first-order chi connectivity index (χ1) is 14.1. The van der Waals surface area contributed by atoms with Gasteiger partial charge in [0.05, 0.1) is 23.8 Å². The van der Waals surface area contributed by atoms with Gasteiger partial charge in [-0.2, -0.15) is 0 Å². The fourth-order valence-electron chi connectivity index (χ4n) is 3.64. The molecule has 0 bridgehead atoms. The van der Waals surface area contributed by atoms with Crippen LogP contribution >= 0.6 is 22.9 Å². The number of fused-ring (bicyclic) bond motifs is 3. The van der Waals surface area contributed by atoms with Crippen molar-refractivity contribution in [2.75, 3.05) is 26.3 Å². The van der Waals surface area contributed by atoms with Crippen molar-refractivity contribution < 1.29 is 9.53 Å². The number of nitrogens with zero attached hydrogens (tertiary/aromatic N) is 5. The molecule has 148 valence electrons. The fourth-order valence-corrected chi connectivity index (χ4v) is 5.06. The molecule has 0 saturated carbocycles. The van der Waals surface area contributed by atoms with E-state index in [0.29, 0.717) is 42.7 Å². The smallest absolute Gasteiger partial charge is 0.264 e. The number of carbonyl (C=O) groups is 1. The van der Waals surface area contributed by atoms with Crippen LogP contribution in [0.25, 0.3) is 5.00 Å². The summed E-state index contributed by atoms with van der Waals surface area (Å²) in [5.41, 5.74) is 2.49. The van der Waals surface area contributed by atoms with E-state index in [2.05, 4.69) is 10.2 Å². The number of rotatable bonds is 2. The molecule has 3 aromatic rings. The first-order valence-electron chi connectivity index (χ1n) is 9.35. The normalized spacial score (nSPS) is 16.1. The van der Waals surface area contributed by atoms with Gasteiger partial charge in [-0.3, -0.25) is 14.4 Å². The number of aliphatic imine (C=N–C) groups is 1. The molecule has 1 amide bonds. The van der Waals surface area contributed by atoms with Crippen LogP contribution in [0, 0.1) is 6.92 Å². The van der Waals surface area contributed by atoms with Crippen LogP contribution in [0.5, 0.6) is 0 Å². The zero-order valence-corrected chi connectivity index (χ0v) is 17.3. The number of aromatic nitrogens is 3. The Balaban J connectivity index is 1.66. The number of amides is 1. The van der Waals surface area contributed by atoms with Crippen LogP contribution in [-0.2, 0) is 11.3 Å². The summed E-state index contributed by atoms with van der Waals surface area (Å²) in [4.78, 5) is 20.4. The van der Waals surface area contributed by atoms with Gasteiger partial charge in [0, 0.05) is 29.2 Å². The molecule has 1 saturated heterocycles. The minimum Gasteiger partial charge on any atom is -0.378 e. The van der Waals surface area contributed by atoms with Gasteiger partial charge >= 0.3 is 0 Å². The second-order valence-electron chi connectivity index (χ2n) is 6.88. The highest BCUT2D eigenvalue weighted by molar-refractivity contribution is 7.17. The van der Waals surface area contributed by atoms with Gasteiger partial charge in [0.2, 0.25) is 0 Å². The van der Waals surface area contributed by atoms with Crippen molar-refractivity contribution in [3.05, 3.63) is 63.0 Å². The van der Waals surface area contributed by atoms with E-state index in [1.54, 1.807) is 0 Å². The number of ether oxygens (including phenoxy) is 1. The Bertz CT molecular complexity index is 1130. The Morgan fingerprint density at radius 1 is 1.17 bits per heavy atom. The zero-order chi connectivity index (χ0) is 20.0. The summed E-state index contributed by atoms with van der Waals surface area (Å²) < 4.78 is 7.37. The van der Waals surface area contributed by atoms with Crippen LogP contribution in [-0.4, -0.2) is 57.6 Å². The molecule has 1 fully saturated rings. The van der Waals surface area contributed by atoms with E-state index in [-0.39, 0.29) is 5.91 Å². The molecule has 0 aliphatic carbocycles. The van der Waals surface area contributed by atoms with E-state index in [1.165, 1.54) is 11.3 Å². The lowest BCUT2D eigenvalue weighted by Gasteiger charge is -2.26. The standard InChI is InChI=1S/C20H18ClN5O2S/c1-12-23-24-17-11-22-18(13-4-2-3-5-15(13)21)14-10-16(29-20(14)26(12)17)19(27)25-6-8-28-9-7-25/h2-5,10H,6-9,11H2,1H3. The van der Waals surface area contributed by atoms with Crippen molar-refractivity contribution in [2.45, 2.75) is 13.5 Å². The zero-order valence-electron chi connectivity index (χ0n) is 15.8. The lowest BCUT2D eigenvalue weighted by atomic mass is 10.0. The number of hydrogen-bond donors (Lipinski definition) is 0. The Labute approximate surface area is 176 Å². The van der Waals surface area contributed by atoms with Crippen LogP contribution in [0.4, 0.5) is 0 Å². The van der Waals surface area contributed by atoms with Gasteiger partial charge in [0.1, 0.15) is 17.4 Å². The molecule has 0 spiro atoms. The van der Waals surface area contributed by atoms with Gasteiger partial charge in [-0.1, -0.05) is 29.8 Å². The van der Waals surface area contributed by atoms with Gasteiger partial charge in [-0.15, -0.1) is 21.5 Å². The maximum absolute atomic E-state index is 13.1. The van der Waals surface area contributed by atoms with Crippen molar-refractivity contribution in [3.8, 4) is 5.00 Å². The Morgan fingerprint density at radius 2 is 1.97 bits per heavy atom. The van der Waals surface area contributed by atoms with Crippen LogP contribution in [0.2, 0.25) is 5.02 Å². The van der Waals surface area contributed by atoms with E-state index in [1.807, 2.05) is 46.7 Å². The largest absolute Gasteiger partial charge is 0.378 e. The van der Waals surface area contributed by atoms with Crippen LogP contribution < -0.4 is 0 Å². The van der Waals surface area contributed by atoms with Crippen molar-refractivity contribution >= 4 is 34.6 Å². The summed E-state index contributed by atoms with van der Waals surface area (Å²) in [7, 11) is 0. The van der Waals surface area contributed by atoms with Gasteiger partial charge in [-0.25, -0.2) is 0 Å². The summed E-state index contributed by atoms with van der Waals surface area (Å²) in [6.07, 6.45) is 0. The molecule has 2 aliphatic heterocycles. The first-order valence-corrected chi connectivity index (χ1v) is 10.5. The molecule has 2 aliphatic rings. The number of morpholine rings is 1. The minimum atomic E-state index is 0.0113. The second kappa shape index (κ2) is 7.37. The van der Waals surface area contributed by atoms with E-state index in [0.717, 1.165) is 33.5 Å². The van der Waals surface area contributed by atoms with E-state index < -0.39 is 0 Å². The van der Waals surface area contributed by atoms with E-state index in [4.69, 9.17) is 21.3 Å². The SMILES string of the molecule is Cc1nnc2n1-c1sc(C(=O)N3CCOCC3)cc1C(c1ccccc1Cl)=NC2. The highest BCUT2D eigenvalue weighted by atomic mass is 35.5. The lowest BCUT2D eigenvalue weighted by molar-refractivity contribution is 0.0306. The molecule has 5 rings (SSSR count). The summed E-state index contributed by atoms with van der Waals surface area (Å²) in [5, 5.41) is 10.0. The third-order valence-electron chi connectivity index (χ3n) is 5.08. The van der Waals surface area contributed by atoms with Gasteiger partial charge in [0.15, 0.2) is 5.82 Å². The molecule has 0 unspecified atom stereocenters. The number of benzene rings is 1. The number of hydrogen-bond acceptors (Lipinski definition) is 6. The topological polar surface area (TPSA) is 72.6 Å². The third kappa shape index (κ3) is 3.17. The maximum Gasteiger partial charge on any atom is 0.264 e. The quantitative estimate of drug-likeness (QED) is 0.630. The first kappa shape index (κ1) is 18.5. The Hall–Kier alpha value is -2.55. The van der Waals surface area contributed by atoms with Crippen LogP contribution in [0.15, 0.2) is 35.3 Å². The van der Waals surface area contributed by atoms with E-state index in [9.17, 15) is 4.79 Å². The monoisotopic (exact) mass is 427 g/mol. The average molecular weight is 428 g/mol. The highest BCUT2D eigenvalue weighted by Crippen LogP contribution is 2.35. The summed E-state index contributed by atoms with van der Waals surface area (Å²) >= 11 is 7.93. The number of aryl methyl sites for hydroxylation is 1. The van der Waals surface area contributed by atoms with Crippen molar-refractivity contribution in [1.29, 1.82) is 0 Å². The minimum absolute atomic E-state index is 0.0113. The number of thiophene rings is 1. The summed E-state index contributed by atoms with van der Waals surface area (Å²) in [6, 6.07) is 9.55. The van der Waals surface area contributed by atoms with Crippen molar-refractivity contribution in [1.82, 2.24) is 19.7 Å². The molecular weight excluding hydrogens is 410 g/mol. The van der Waals surface area contributed by atoms with Crippen molar-refractivity contribution in [2.24, 2.45) is 4.99 Å². The number of halogens is 1. The molecule has 4 heterocycles. The predicted molar refractivity (Wildman–Crippen MR) is 111 cm³/mol. The van der Waals surface area contributed by atoms with Crippen LogP contribution in [0.3, 0.4) is 0 Å². The van der Waals surface area contributed by atoms with Gasteiger partial charge in [-0.05, 0) is 19.1 Å². The molecular formula is C20H18ClN5O2S. The second-order valence-corrected chi connectivity index (χ2v) is 8.32. The third-order valence-corrected chi connectivity index (χ3v) is 6.52. The predicted octanol–water partition coefficient (Wildman–Crippen LogP) is 3.11. The van der Waals surface area contributed by atoms with Gasteiger partial charge in [0.25, 0.3) is 5.91 Å². The molecule has 29 heavy (non-hydrogen) atoms. The lowest BCUT2D eigenvalue weighted by Crippen LogP contribution is -2.40. The van der Waals surface area contributed by atoms with Gasteiger partial charge < -0.3 is 9.64 Å². The molecule has 0 atom stereocenters. The van der Waals surface area contributed by atoms with Crippen LogP contribution in [0.1, 0.15) is 32.4 Å². The molecule has 1 aromatic carbocycles. The van der Waals surface area contributed by atoms with E-state index >= 15 is 0 Å². The molecule has 0 N–H and O–H groups in total. The molecule has 2 aromatic heterocycles. The number of carbonyl (C=O) groups excluding carboxylic acids is 1. The summed E-state index contributed by atoms with van der Waals surface area (Å²) in [5.74, 6) is 1.53. The molecule has 9 heteroatoms. The average Bonchev–Trinajstić information content (AvgIpc) is 3.29. The van der Waals surface area contributed by atoms with Crippen molar-refractivity contribution in [3.63, 3.8) is 0 Å². The molecule has 7 nitrogen and oxygen atoms in total. The Morgan fingerprint density at radius 3 is 2.76 bits per heavy atom. The maximum atomic E-state index is 13.1. The Kier molecular flexibility index (Phi) is 4.69. The highest BCUT2D eigenvalue weighted by Gasteiger charge is 2.28. The summed E-state index contributed by atoms with van der Waals surface area (Å²) in [6.45, 7) is 4.64.